The summed E-state index contributed by atoms with van der Waals surface area (Å²) in [6.07, 6.45) is 6.46. The first kappa shape index (κ1) is 19.8. The molecule has 2 N–H and O–H groups in total. The Kier molecular flexibility index (Phi) is 6.51. The second-order valence-electron chi connectivity index (χ2n) is 7.51. The summed E-state index contributed by atoms with van der Waals surface area (Å²) in [4.78, 5) is 18.7. The maximum Gasteiger partial charge on any atom is 0.219 e. The summed E-state index contributed by atoms with van der Waals surface area (Å²) in [5.41, 5.74) is 8.41. The van der Waals surface area contributed by atoms with Crippen molar-refractivity contribution in [2.45, 2.75) is 50.5 Å². The summed E-state index contributed by atoms with van der Waals surface area (Å²) in [6, 6.07) is 14.2. The van der Waals surface area contributed by atoms with Crippen LogP contribution in [0.25, 0.3) is 0 Å². The molecule has 0 saturated heterocycles. The Labute approximate surface area is 166 Å². The highest BCUT2D eigenvalue weighted by Gasteiger charge is 2.38. The van der Waals surface area contributed by atoms with E-state index in [0.29, 0.717) is 13.1 Å². The van der Waals surface area contributed by atoms with Crippen molar-refractivity contribution in [3.05, 3.63) is 64.9 Å². The molecule has 1 saturated carbocycles. The summed E-state index contributed by atoms with van der Waals surface area (Å²) in [5, 5.41) is 0.753. The number of hydrogen-bond donors (Lipinski definition) is 1. The van der Waals surface area contributed by atoms with Gasteiger partial charge in [0.2, 0.25) is 5.91 Å². The number of aromatic nitrogens is 1. The van der Waals surface area contributed by atoms with E-state index in [9.17, 15) is 4.79 Å². The van der Waals surface area contributed by atoms with Crippen molar-refractivity contribution in [1.82, 2.24) is 9.88 Å². The molecule has 27 heavy (non-hydrogen) atoms. The number of halogens is 1. The predicted molar refractivity (Wildman–Crippen MR) is 110 cm³/mol. The third-order valence-corrected chi connectivity index (χ3v) is 6.16. The summed E-state index contributed by atoms with van der Waals surface area (Å²) in [5.74, 6) is 0.138. The lowest BCUT2D eigenvalue weighted by molar-refractivity contribution is -0.132. The number of nitrogens with zero attached hydrogens (tertiary/aromatic N) is 2. The van der Waals surface area contributed by atoms with Gasteiger partial charge in [0.05, 0.1) is 0 Å². The highest BCUT2D eigenvalue weighted by Crippen LogP contribution is 2.40. The molecule has 0 radical (unpaired) electrons. The highest BCUT2D eigenvalue weighted by atomic mass is 35.5. The van der Waals surface area contributed by atoms with Gasteiger partial charge >= 0.3 is 0 Å². The number of amides is 1. The highest BCUT2D eigenvalue weighted by molar-refractivity contribution is 6.30. The van der Waals surface area contributed by atoms with E-state index < -0.39 is 0 Å². The molecule has 3 rings (SSSR count). The van der Waals surface area contributed by atoms with E-state index in [-0.39, 0.29) is 17.4 Å². The van der Waals surface area contributed by atoms with E-state index in [4.69, 9.17) is 17.3 Å². The number of rotatable bonds is 6. The largest absolute Gasteiger partial charge is 0.340 e. The minimum atomic E-state index is -0.0369. The monoisotopic (exact) mass is 385 g/mol. The normalized spacial score (nSPS) is 22.4. The fourth-order valence-corrected chi connectivity index (χ4v) is 4.46. The number of nitrogens with two attached hydrogens (primary N) is 1. The third-order valence-electron chi connectivity index (χ3n) is 5.92. The molecule has 1 amide bonds. The van der Waals surface area contributed by atoms with E-state index in [1.54, 1.807) is 13.1 Å². The number of carbonyl (C=O) groups is 1. The van der Waals surface area contributed by atoms with E-state index in [2.05, 4.69) is 11.1 Å². The SMILES string of the molecule is CC(=O)N(CCc1ccccn1)[C@H]1CC[C@](CN)(c2cccc(Cl)c2)CC1. The molecule has 0 aliphatic heterocycles. The molecular weight excluding hydrogens is 358 g/mol. The maximum atomic E-state index is 12.3. The van der Waals surface area contributed by atoms with Crippen LogP contribution in [-0.2, 0) is 16.6 Å². The van der Waals surface area contributed by atoms with E-state index in [0.717, 1.165) is 42.8 Å². The molecule has 0 unspecified atom stereocenters. The van der Waals surface area contributed by atoms with Crippen LogP contribution in [0.4, 0.5) is 0 Å². The number of benzene rings is 1. The Hall–Kier alpha value is -1.91. The molecule has 2 aromatic rings. The Morgan fingerprint density at radius 2 is 2.04 bits per heavy atom. The van der Waals surface area contributed by atoms with Crippen LogP contribution in [-0.4, -0.2) is 34.9 Å². The van der Waals surface area contributed by atoms with Gasteiger partial charge in [-0.2, -0.15) is 0 Å². The zero-order chi connectivity index (χ0) is 19.3. The standard InChI is InChI=1S/C22H28ClN3O/c1-17(27)26(14-10-20-7-2-3-13-25-20)21-8-11-22(16-24,12-9-21)18-5-4-6-19(23)15-18/h2-7,13,15,21H,8-12,14,16,24H2,1H3/t21-,22-. The quantitative estimate of drug-likeness (QED) is 0.818. The smallest absolute Gasteiger partial charge is 0.219 e. The van der Waals surface area contributed by atoms with Crippen molar-refractivity contribution in [3.8, 4) is 0 Å². The van der Waals surface area contributed by atoms with Crippen LogP contribution in [0.1, 0.15) is 43.9 Å². The fraction of sp³-hybridized carbons (Fsp3) is 0.455. The molecule has 0 bridgehead atoms. The summed E-state index contributed by atoms with van der Waals surface area (Å²) < 4.78 is 0. The van der Waals surface area contributed by atoms with Gasteiger partial charge in [-0.05, 0) is 55.5 Å². The van der Waals surface area contributed by atoms with Gasteiger partial charge in [0.1, 0.15) is 0 Å². The molecule has 5 heteroatoms. The van der Waals surface area contributed by atoms with Crippen molar-refractivity contribution in [2.75, 3.05) is 13.1 Å². The molecule has 1 aliphatic rings. The summed E-state index contributed by atoms with van der Waals surface area (Å²) >= 11 is 6.20. The Morgan fingerprint density at radius 3 is 2.63 bits per heavy atom. The van der Waals surface area contributed by atoms with Crippen LogP contribution < -0.4 is 5.73 Å². The Morgan fingerprint density at radius 1 is 1.26 bits per heavy atom. The van der Waals surface area contributed by atoms with Gasteiger partial charge in [-0.1, -0.05) is 29.8 Å². The summed E-state index contributed by atoms with van der Waals surface area (Å²) in [6.45, 7) is 2.98. The van der Waals surface area contributed by atoms with Crippen molar-refractivity contribution < 1.29 is 4.79 Å². The molecular formula is C22H28ClN3O. The first-order valence-corrected chi connectivity index (χ1v) is 10.0. The average molecular weight is 386 g/mol. The summed E-state index contributed by atoms with van der Waals surface area (Å²) in [7, 11) is 0. The molecule has 1 fully saturated rings. The van der Waals surface area contributed by atoms with E-state index in [1.807, 2.05) is 41.3 Å². The van der Waals surface area contributed by atoms with Crippen molar-refractivity contribution in [1.29, 1.82) is 0 Å². The van der Waals surface area contributed by atoms with Gasteiger partial charge in [0.25, 0.3) is 0 Å². The maximum absolute atomic E-state index is 12.3. The van der Waals surface area contributed by atoms with Gasteiger partial charge in [0.15, 0.2) is 0 Å². The zero-order valence-electron chi connectivity index (χ0n) is 15.9. The fourth-order valence-electron chi connectivity index (χ4n) is 4.27. The minimum absolute atomic E-state index is 0.0369. The van der Waals surface area contributed by atoms with Crippen molar-refractivity contribution >= 4 is 17.5 Å². The van der Waals surface area contributed by atoms with Gasteiger partial charge in [-0.3, -0.25) is 9.78 Å². The molecule has 1 aromatic carbocycles. The Bertz CT molecular complexity index is 757. The van der Waals surface area contributed by atoms with Gasteiger partial charge in [-0.25, -0.2) is 0 Å². The Balaban J connectivity index is 1.67. The van der Waals surface area contributed by atoms with Crippen molar-refractivity contribution in [2.24, 2.45) is 5.73 Å². The lowest BCUT2D eigenvalue weighted by Gasteiger charge is -2.43. The topological polar surface area (TPSA) is 59.2 Å². The zero-order valence-corrected chi connectivity index (χ0v) is 16.7. The average Bonchev–Trinajstić information content (AvgIpc) is 2.69. The molecule has 144 valence electrons. The van der Waals surface area contributed by atoms with Crippen LogP contribution in [0.5, 0.6) is 0 Å². The molecule has 1 aliphatic carbocycles. The second kappa shape index (κ2) is 8.85. The number of hydrogen-bond acceptors (Lipinski definition) is 3. The van der Waals surface area contributed by atoms with Crippen molar-refractivity contribution in [3.63, 3.8) is 0 Å². The molecule has 4 nitrogen and oxygen atoms in total. The van der Waals surface area contributed by atoms with E-state index >= 15 is 0 Å². The lowest BCUT2D eigenvalue weighted by Crippen LogP contribution is -2.47. The third kappa shape index (κ3) is 4.69. The van der Waals surface area contributed by atoms with Gasteiger partial charge < -0.3 is 10.6 Å². The van der Waals surface area contributed by atoms with Crippen LogP contribution >= 0.6 is 11.6 Å². The van der Waals surface area contributed by atoms with Gasteiger partial charge in [-0.15, -0.1) is 0 Å². The first-order valence-electron chi connectivity index (χ1n) is 9.67. The molecule has 0 spiro atoms. The minimum Gasteiger partial charge on any atom is -0.340 e. The number of carbonyl (C=O) groups excluding carboxylic acids is 1. The molecule has 0 atom stereocenters. The lowest BCUT2D eigenvalue weighted by atomic mass is 9.68. The van der Waals surface area contributed by atoms with Crippen LogP contribution in [0.2, 0.25) is 5.02 Å². The number of pyridine rings is 1. The van der Waals surface area contributed by atoms with Crippen LogP contribution in [0.15, 0.2) is 48.7 Å². The predicted octanol–water partition coefficient (Wildman–Crippen LogP) is 3.97. The molecule has 1 heterocycles. The van der Waals surface area contributed by atoms with Gasteiger partial charge in [0, 0.05) is 54.8 Å². The first-order chi connectivity index (χ1) is 13.0. The van der Waals surface area contributed by atoms with Crippen LogP contribution in [0.3, 0.4) is 0 Å². The second-order valence-corrected chi connectivity index (χ2v) is 7.95. The molecule has 1 aromatic heterocycles. The van der Waals surface area contributed by atoms with E-state index in [1.165, 1.54) is 5.56 Å². The van der Waals surface area contributed by atoms with Crippen LogP contribution in [0, 0.1) is 0 Å².